The van der Waals surface area contributed by atoms with Gasteiger partial charge in [-0.2, -0.15) is 5.10 Å². The molecule has 2 aromatic rings. The Morgan fingerprint density at radius 1 is 1.38 bits per heavy atom. The van der Waals surface area contributed by atoms with Crippen LogP contribution in [0.25, 0.3) is 11.0 Å². The lowest BCUT2D eigenvalue weighted by molar-refractivity contribution is 0.182. The highest BCUT2D eigenvalue weighted by Gasteiger charge is 2.26. The molecular formula is C12H15IN6O2. The maximum atomic E-state index is 10.7. The molecular weight excluding hydrogens is 387 g/mol. The van der Waals surface area contributed by atoms with Crippen molar-refractivity contribution in [3.05, 3.63) is 10.0 Å². The second-order valence-electron chi connectivity index (χ2n) is 5.15. The molecule has 1 fully saturated rings. The van der Waals surface area contributed by atoms with E-state index in [4.69, 9.17) is 10.8 Å². The molecule has 0 spiro atoms. The van der Waals surface area contributed by atoms with Crippen LogP contribution >= 0.6 is 22.6 Å². The molecule has 0 unspecified atom stereocenters. The number of carbonyl (C=O) groups is 1. The zero-order valence-corrected chi connectivity index (χ0v) is 13.3. The Balaban J connectivity index is 1.83. The lowest BCUT2D eigenvalue weighted by Crippen LogP contribution is -2.37. The summed E-state index contributed by atoms with van der Waals surface area (Å²) in [6.45, 7) is 0. The molecule has 1 saturated carbocycles. The Bertz CT molecular complexity index is 680. The number of halogens is 1. The Hall–Kier alpha value is -1.65. The van der Waals surface area contributed by atoms with Gasteiger partial charge >= 0.3 is 6.09 Å². The molecule has 4 N–H and O–H groups in total. The molecule has 1 aliphatic rings. The third-order valence-corrected chi connectivity index (χ3v) is 4.60. The minimum absolute atomic E-state index is 0.0272. The molecule has 21 heavy (non-hydrogen) atoms. The van der Waals surface area contributed by atoms with Gasteiger partial charge in [-0.3, -0.25) is 0 Å². The smallest absolute Gasteiger partial charge is 0.404 e. The van der Waals surface area contributed by atoms with Gasteiger partial charge in [0.15, 0.2) is 5.65 Å². The van der Waals surface area contributed by atoms with E-state index in [1.54, 1.807) is 0 Å². The SMILES string of the molecule is Nc1ncnc2c1c(I)nn2C1CCC(NC(=O)O)CC1. The van der Waals surface area contributed by atoms with Crippen molar-refractivity contribution in [2.24, 2.45) is 0 Å². The van der Waals surface area contributed by atoms with Gasteiger partial charge in [0, 0.05) is 6.04 Å². The van der Waals surface area contributed by atoms with Crippen molar-refractivity contribution in [1.29, 1.82) is 0 Å². The largest absolute Gasteiger partial charge is 0.465 e. The average molecular weight is 402 g/mol. The van der Waals surface area contributed by atoms with Crippen LogP contribution in [0.3, 0.4) is 0 Å². The molecule has 2 aromatic heterocycles. The van der Waals surface area contributed by atoms with Crippen molar-refractivity contribution >= 4 is 45.5 Å². The van der Waals surface area contributed by atoms with Crippen LogP contribution in [0.1, 0.15) is 31.7 Å². The third kappa shape index (κ3) is 2.74. The van der Waals surface area contributed by atoms with E-state index in [1.165, 1.54) is 6.33 Å². The van der Waals surface area contributed by atoms with E-state index < -0.39 is 6.09 Å². The summed E-state index contributed by atoms with van der Waals surface area (Å²) in [5, 5.41) is 16.6. The summed E-state index contributed by atoms with van der Waals surface area (Å²) < 4.78 is 2.71. The molecule has 112 valence electrons. The maximum absolute atomic E-state index is 10.7. The fraction of sp³-hybridized carbons (Fsp3) is 0.500. The van der Waals surface area contributed by atoms with E-state index in [0.717, 1.165) is 40.4 Å². The van der Waals surface area contributed by atoms with E-state index in [2.05, 4.69) is 43.0 Å². The first-order valence-electron chi connectivity index (χ1n) is 6.70. The predicted molar refractivity (Wildman–Crippen MR) is 84.9 cm³/mol. The summed E-state index contributed by atoms with van der Waals surface area (Å²) in [7, 11) is 0. The number of anilines is 1. The van der Waals surface area contributed by atoms with Gasteiger partial charge in [-0.1, -0.05) is 0 Å². The monoisotopic (exact) mass is 402 g/mol. The number of hydrogen-bond acceptors (Lipinski definition) is 5. The number of aromatic nitrogens is 4. The third-order valence-electron chi connectivity index (χ3n) is 3.85. The zero-order valence-electron chi connectivity index (χ0n) is 11.2. The highest BCUT2D eigenvalue weighted by molar-refractivity contribution is 14.1. The number of nitrogens with zero attached hydrogens (tertiary/aromatic N) is 4. The summed E-state index contributed by atoms with van der Waals surface area (Å²) in [5.41, 5.74) is 6.64. The number of nitrogens with one attached hydrogen (secondary N) is 1. The van der Waals surface area contributed by atoms with Crippen LogP contribution < -0.4 is 11.1 Å². The Morgan fingerprint density at radius 3 is 2.76 bits per heavy atom. The number of nitrogen functional groups attached to an aromatic ring is 1. The van der Waals surface area contributed by atoms with E-state index >= 15 is 0 Å². The second-order valence-corrected chi connectivity index (χ2v) is 6.17. The van der Waals surface area contributed by atoms with Gasteiger partial charge in [0.05, 0.1) is 11.4 Å². The van der Waals surface area contributed by atoms with E-state index in [-0.39, 0.29) is 12.1 Å². The van der Waals surface area contributed by atoms with Crippen LogP contribution in [0.4, 0.5) is 10.6 Å². The van der Waals surface area contributed by atoms with Crippen molar-refractivity contribution in [3.63, 3.8) is 0 Å². The van der Waals surface area contributed by atoms with Gasteiger partial charge < -0.3 is 16.2 Å². The normalized spacial score (nSPS) is 22.3. The molecule has 8 nitrogen and oxygen atoms in total. The van der Waals surface area contributed by atoms with Crippen LogP contribution in [0.2, 0.25) is 0 Å². The van der Waals surface area contributed by atoms with Crippen molar-refractivity contribution in [3.8, 4) is 0 Å². The quantitative estimate of drug-likeness (QED) is 0.659. The number of nitrogens with two attached hydrogens (primary N) is 1. The van der Waals surface area contributed by atoms with Gasteiger partial charge in [0.2, 0.25) is 0 Å². The maximum Gasteiger partial charge on any atom is 0.404 e. The fourth-order valence-electron chi connectivity index (χ4n) is 2.85. The number of rotatable bonds is 2. The van der Waals surface area contributed by atoms with Gasteiger partial charge in [0.25, 0.3) is 0 Å². The van der Waals surface area contributed by atoms with Gasteiger partial charge in [0.1, 0.15) is 15.8 Å². The summed E-state index contributed by atoms with van der Waals surface area (Å²) in [6, 6.07) is 0.247. The van der Waals surface area contributed by atoms with Crippen molar-refractivity contribution in [2.45, 2.75) is 37.8 Å². The number of fused-ring (bicyclic) bond motifs is 1. The van der Waals surface area contributed by atoms with Crippen LogP contribution in [0, 0.1) is 3.70 Å². The predicted octanol–water partition coefficient (Wildman–Crippen LogP) is 1.76. The average Bonchev–Trinajstić information content (AvgIpc) is 2.78. The molecule has 9 heteroatoms. The fourth-order valence-corrected chi connectivity index (χ4v) is 3.60. The van der Waals surface area contributed by atoms with Crippen LogP contribution in [-0.4, -0.2) is 37.0 Å². The minimum atomic E-state index is -0.960. The number of amides is 1. The Kier molecular flexibility index (Phi) is 3.83. The number of hydrogen-bond donors (Lipinski definition) is 3. The highest BCUT2D eigenvalue weighted by Crippen LogP contribution is 2.32. The first kappa shape index (κ1) is 14.3. The molecule has 0 aromatic carbocycles. The molecule has 0 bridgehead atoms. The second kappa shape index (κ2) is 5.62. The number of carboxylic acid groups (broad SMARTS) is 1. The molecule has 1 aliphatic carbocycles. The van der Waals surface area contributed by atoms with Crippen LogP contribution in [0.5, 0.6) is 0 Å². The summed E-state index contributed by atoms with van der Waals surface area (Å²) in [6.07, 6.45) is 3.82. The Labute approximate surface area is 134 Å². The van der Waals surface area contributed by atoms with E-state index in [1.807, 2.05) is 4.68 Å². The summed E-state index contributed by atoms with van der Waals surface area (Å²) >= 11 is 2.14. The van der Waals surface area contributed by atoms with Gasteiger partial charge in [-0.15, -0.1) is 0 Å². The molecule has 3 rings (SSSR count). The molecule has 2 heterocycles. The van der Waals surface area contributed by atoms with Gasteiger partial charge in [-0.25, -0.2) is 19.4 Å². The molecule has 0 radical (unpaired) electrons. The first-order valence-corrected chi connectivity index (χ1v) is 7.77. The van der Waals surface area contributed by atoms with Crippen molar-refractivity contribution < 1.29 is 9.90 Å². The lowest BCUT2D eigenvalue weighted by atomic mass is 9.91. The highest BCUT2D eigenvalue weighted by atomic mass is 127. The lowest BCUT2D eigenvalue weighted by Gasteiger charge is -2.28. The minimum Gasteiger partial charge on any atom is -0.465 e. The standard InChI is InChI=1S/C12H15IN6O2/c13-9-8-10(14)15-5-16-11(8)19(18-9)7-3-1-6(2-4-7)17-12(20)21/h5-7,17H,1-4H2,(H,20,21)(H2,14,15,16). The van der Waals surface area contributed by atoms with Crippen molar-refractivity contribution in [2.75, 3.05) is 5.73 Å². The molecule has 1 amide bonds. The van der Waals surface area contributed by atoms with Gasteiger partial charge in [-0.05, 0) is 48.3 Å². The molecule has 0 aliphatic heterocycles. The van der Waals surface area contributed by atoms with Crippen LogP contribution in [-0.2, 0) is 0 Å². The molecule has 0 atom stereocenters. The van der Waals surface area contributed by atoms with Crippen molar-refractivity contribution in [1.82, 2.24) is 25.1 Å². The first-order chi connectivity index (χ1) is 10.1. The zero-order chi connectivity index (χ0) is 15.0. The Morgan fingerprint density at radius 2 is 2.10 bits per heavy atom. The summed E-state index contributed by atoms with van der Waals surface area (Å²) in [5.74, 6) is 0.442. The summed E-state index contributed by atoms with van der Waals surface area (Å²) in [4.78, 5) is 19.0. The van der Waals surface area contributed by atoms with Crippen LogP contribution in [0.15, 0.2) is 6.33 Å². The molecule has 0 saturated heterocycles. The van der Waals surface area contributed by atoms with E-state index in [0.29, 0.717) is 5.82 Å². The topological polar surface area (TPSA) is 119 Å². The van der Waals surface area contributed by atoms with E-state index in [9.17, 15) is 4.79 Å².